The van der Waals surface area contributed by atoms with Gasteiger partial charge >= 0.3 is 7.82 Å². The van der Waals surface area contributed by atoms with Gasteiger partial charge in [0.25, 0.3) is 5.56 Å². The van der Waals surface area contributed by atoms with E-state index in [1.807, 2.05) is 0 Å². The number of aromatic amines is 1. The number of phosphoric ester groups is 1. The highest BCUT2D eigenvalue weighted by Crippen LogP contribution is 2.50. The van der Waals surface area contributed by atoms with Crippen LogP contribution < -0.4 is 5.56 Å². The smallest absolute Gasteiger partial charge is 0.347 e. The molecule has 154 valence electrons. The SMILES string of the molecule is COP(=O)(OC)OC[C@H]1O[C@@H](n2cnc3c(=O)[nH]cnc32)C2OC(C)(C)OC21. The number of H-pyrrole nitrogens is 1. The van der Waals surface area contributed by atoms with Crippen molar-refractivity contribution in [3.05, 3.63) is 23.0 Å². The lowest BCUT2D eigenvalue weighted by Crippen LogP contribution is -2.32. The standard InChI is InChI=1S/C15H21N4O8P/c1-15(2)26-10-8(5-24-28(21,22-3)23-4)25-14(11(10)27-15)19-7-18-9-12(19)16-6-17-13(9)20/h6-8,10-11,14H,5H2,1-4H3,(H,16,17,20)/t8-,10?,11?,14-/m1/s1. The summed E-state index contributed by atoms with van der Waals surface area (Å²) in [5.41, 5.74) is 0.175. The molecule has 28 heavy (non-hydrogen) atoms. The quantitative estimate of drug-likeness (QED) is 0.678. The number of rotatable bonds is 6. The Kier molecular flexibility index (Phi) is 4.91. The maximum absolute atomic E-state index is 12.2. The Labute approximate surface area is 159 Å². The largest absolute Gasteiger partial charge is 0.474 e. The third-order valence-electron chi connectivity index (χ3n) is 4.61. The highest BCUT2D eigenvalue weighted by atomic mass is 31.2. The zero-order valence-electron chi connectivity index (χ0n) is 15.7. The summed E-state index contributed by atoms with van der Waals surface area (Å²) in [5.74, 6) is -0.858. The Morgan fingerprint density at radius 2 is 1.96 bits per heavy atom. The average molecular weight is 416 g/mol. The van der Waals surface area contributed by atoms with E-state index < -0.39 is 38.1 Å². The van der Waals surface area contributed by atoms with Crippen molar-refractivity contribution < 1.29 is 32.3 Å². The number of imidazole rings is 1. The molecular weight excluding hydrogens is 395 g/mol. The topological polar surface area (TPSA) is 136 Å². The monoisotopic (exact) mass is 416 g/mol. The number of aromatic nitrogens is 4. The zero-order chi connectivity index (χ0) is 20.1. The molecular formula is C15H21N4O8P. The molecule has 2 saturated heterocycles. The fraction of sp³-hybridized carbons (Fsp3) is 0.667. The van der Waals surface area contributed by atoms with Crippen LogP contribution in [0.25, 0.3) is 11.2 Å². The van der Waals surface area contributed by atoms with Crippen molar-refractivity contribution in [1.82, 2.24) is 19.5 Å². The molecule has 0 aliphatic carbocycles. The first-order valence-corrected chi connectivity index (χ1v) is 10.0. The molecule has 4 atom stereocenters. The van der Waals surface area contributed by atoms with Crippen molar-refractivity contribution in [1.29, 1.82) is 0 Å². The van der Waals surface area contributed by atoms with Crippen LogP contribution in [-0.2, 0) is 32.3 Å². The van der Waals surface area contributed by atoms with Gasteiger partial charge in [0.05, 0.1) is 19.3 Å². The molecule has 12 nitrogen and oxygen atoms in total. The Bertz CT molecular complexity index is 966. The Morgan fingerprint density at radius 3 is 2.68 bits per heavy atom. The first kappa shape index (κ1) is 19.6. The van der Waals surface area contributed by atoms with Crippen LogP contribution in [0.1, 0.15) is 20.1 Å². The van der Waals surface area contributed by atoms with E-state index in [0.29, 0.717) is 5.65 Å². The van der Waals surface area contributed by atoms with Gasteiger partial charge in [0.15, 0.2) is 23.2 Å². The third kappa shape index (κ3) is 3.30. The minimum absolute atomic E-state index is 0.114. The van der Waals surface area contributed by atoms with Crippen LogP contribution in [0, 0.1) is 0 Å². The lowest BCUT2D eigenvalue weighted by molar-refractivity contribution is -0.199. The van der Waals surface area contributed by atoms with Crippen molar-refractivity contribution in [3.8, 4) is 0 Å². The maximum atomic E-state index is 12.2. The van der Waals surface area contributed by atoms with Crippen molar-refractivity contribution in [2.24, 2.45) is 0 Å². The zero-order valence-corrected chi connectivity index (χ0v) is 16.6. The van der Waals surface area contributed by atoms with Gasteiger partial charge in [0, 0.05) is 14.2 Å². The molecule has 4 rings (SSSR count). The molecule has 2 aliphatic rings. The van der Waals surface area contributed by atoms with E-state index in [1.165, 1.54) is 26.9 Å². The molecule has 2 aliphatic heterocycles. The van der Waals surface area contributed by atoms with Gasteiger partial charge < -0.3 is 19.2 Å². The summed E-state index contributed by atoms with van der Waals surface area (Å²) in [4.78, 5) is 22.7. The van der Waals surface area contributed by atoms with E-state index in [0.717, 1.165) is 0 Å². The minimum Gasteiger partial charge on any atom is -0.347 e. The molecule has 2 aromatic rings. The van der Waals surface area contributed by atoms with Crippen LogP contribution in [-0.4, -0.2) is 64.4 Å². The summed E-state index contributed by atoms with van der Waals surface area (Å²) < 4.78 is 46.7. The summed E-state index contributed by atoms with van der Waals surface area (Å²) >= 11 is 0. The normalized spacial score (nSPS) is 29.4. The van der Waals surface area contributed by atoms with Crippen molar-refractivity contribution >= 4 is 19.0 Å². The van der Waals surface area contributed by atoms with Gasteiger partial charge in [-0.25, -0.2) is 14.5 Å². The number of nitrogens with one attached hydrogen (secondary N) is 1. The molecule has 13 heteroatoms. The van der Waals surface area contributed by atoms with E-state index in [1.54, 1.807) is 18.4 Å². The molecule has 2 unspecified atom stereocenters. The van der Waals surface area contributed by atoms with Crippen LogP contribution in [0.15, 0.2) is 17.4 Å². The Morgan fingerprint density at radius 1 is 1.25 bits per heavy atom. The molecule has 0 aromatic carbocycles. The van der Waals surface area contributed by atoms with Gasteiger partial charge in [-0.3, -0.25) is 22.9 Å². The molecule has 0 saturated carbocycles. The van der Waals surface area contributed by atoms with Gasteiger partial charge in [-0.05, 0) is 13.8 Å². The first-order chi connectivity index (χ1) is 13.3. The molecule has 0 bridgehead atoms. The maximum Gasteiger partial charge on any atom is 0.474 e. The van der Waals surface area contributed by atoms with Crippen LogP contribution in [0.3, 0.4) is 0 Å². The number of hydrogen-bond acceptors (Lipinski definition) is 10. The summed E-state index contributed by atoms with van der Waals surface area (Å²) in [6.07, 6.45) is 0.410. The number of fused-ring (bicyclic) bond motifs is 2. The lowest BCUT2D eigenvalue weighted by atomic mass is 10.1. The predicted molar refractivity (Wildman–Crippen MR) is 93.5 cm³/mol. The highest BCUT2D eigenvalue weighted by molar-refractivity contribution is 7.48. The molecule has 0 amide bonds. The molecule has 0 radical (unpaired) electrons. The van der Waals surface area contributed by atoms with Gasteiger partial charge in [0.1, 0.15) is 18.3 Å². The van der Waals surface area contributed by atoms with Gasteiger partial charge in [-0.1, -0.05) is 0 Å². The number of nitrogens with zero attached hydrogens (tertiary/aromatic N) is 3. The summed E-state index contributed by atoms with van der Waals surface area (Å²) in [6, 6.07) is 0. The Hall–Kier alpha value is -1.66. The number of hydrogen-bond donors (Lipinski definition) is 1. The molecule has 2 aromatic heterocycles. The fourth-order valence-electron chi connectivity index (χ4n) is 3.41. The minimum atomic E-state index is -3.68. The van der Waals surface area contributed by atoms with Crippen LogP contribution in [0.4, 0.5) is 0 Å². The van der Waals surface area contributed by atoms with E-state index in [-0.39, 0.29) is 17.7 Å². The second kappa shape index (κ2) is 6.99. The summed E-state index contributed by atoms with van der Waals surface area (Å²) in [7, 11) is -1.23. The first-order valence-electron chi connectivity index (χ1n) is 8.54. The van der Waals surface area contributed by atoms with E-state index >= 15 is 0 Å². The molecule has 4 heterocycles. The van der Waals surface area contributed by atoms with Gasteiger partial charge in [-0.15, -0.1) is 0 Å². The van der Waals surface area contributed by atoms with E-state index in [4.69, 9.17) is 27.8 Å². The number of phosphoric acid groups is 1. The van der Waals surface area contributed by atoms with Crippen molar-refractivity contribution in [2.75, 3.05) is 20.8 Å². The van der Waals surface area contributed by atoms with Crippen molar-refractivity contribution in [2.45, 2.75) is 44.2 Å². The number of ether oxygens (including phenoxy) is 3. The van der Waals surface area contributed by atoms with Gasteiger partial charge in [0.2, 0.25) is 0 Å². The predicted octanol–water partition coefficient (Wildman–Crippen LogP) is 0.955. The fourth-order valence-corrected chi connectivity index (χ4v) is 4.10. The lowest BCUT2D eigenvalue weighted by Gasteiger charge is -2.25. The van der Waals surface area contributed by atoms with Crippen LogP contribution >= 0.6 is 7.82 Å². The van der Waals surface area contributed by atoms with Crippen molar-refractivity contribution in [3.63, 3.8) is 0 Å². The van der Waals surface area contributed by atoms with Crippen LogP contribution in [0.5, 0.6) is 0 Å². The molecule has 1 N–H and O–H groups in total. The van der Waals surface area contributed by atoms with E-state index in [9.17, 15) is 9.36 Å². The summed E-state index contributed by atoms with van der Waals surface area (Å²) in [6.45, 7) is 3.45. The van der Waals surface area contributed by atoms with E-state index in [2.05, 4.69) is 15.0 Å². The molecule has 0 spiro atoms. The second-order valence-electron chi connectivity index (χ2n) is 6.79. The highest BCUT2D eigenvalue weighted by Gasteiger charge is 2.56. The second-order valence-corrected chi connectivity index (χ2v) is 8.68. The third-order valence-corrected chi connectivity index (χ3v) is 5.97. The average Bonchev–Trinajstić information content (AvgIpc) is 3.31. The summed E-state index contributed by atoms with van der Waals surface area (Å²) in [5, 5.41) is 0. The van der Waals surface area contributed by atoms with Crippen LogP contribution in [0.2, 0.25) is 0 Å². The van der Waals surface area contributed by atoms with Gasteiger partial charge in [-0.2, -0.15) is 0 Å². The molecule has 2 fully saturated rings. The Balaban J connectivity index is 1.64.